The van der Waals surface area contributed by atoms with Gasteiger partial charge in [-0.25, -0.2) is 0 Å². The van der Waals surface area contributed by atoms with Crippen LogP contribution in [0.3, 0.4) is 0 Å². The average Bonchev–Trinajstić information content (AvgIpc) is 2.65. The Bertz CT molecular complexity index is 288. The van der Waals surface area contributed by atoms with Gasteiger partial charge in [-0.15, -0.1) is 0 Å². The zero-order valence-corrected chi connectivity index (χ0v) is 15.0. The van der Waals surface area contributed by atoms with Crippen LogP contribution < -0.4 is 0 Å². The van der Waals surface area contributed by atoms with Crippen LogP contribution in [0.4, 0.5) is 0 Å². The SMILES string of the molecule is O=P(C1CCCCC1)(C1CCCCC1)C1CCCCC1.OO. The lowest BCUT2D eigenvalue weighted by Gasteiger charge is -2.44. The normalized spacial score (nSPS) is 26.3. The summed E-state index contributed by atoms with van der Waals surface area (Å²) in [5.41, 5.74) is 1.88. The van der Waals surface area contributed by atoms with Crippen molar-refractivity contribution in [2.75, 3.05) is 0 Å². The van der Waals surface area contributed by atoms with Crippen molar-refractivity contribution in [1.82, 2.24) is 0 Å². The first-order chi connectivity index (χ1) is 10.8. The lowest BCUT2D eigenvalue weighted by Crippen LogP contribution is -2.31. The topological polar surface area (TPSA) is 57.5 Å². The largest absolute Gasteiger partial charge is 0.323 e. The van der Waals surface area contributed by atoms with Gasteiger partial charge >= 0.3 is 0 Å². The first kappa shape index (κ1) is 18.5. The Balaban J connectivity index is 0.000000847. The molecule has 2 N–H and O–H groups in total. The molecule has 3 aliphatic rings. The molecule has 0 radical (unpaired) electrons. The molecular formula is C18H35O3P. The van der Waals surface area contributed by atoms with Crippen LogP contribution in [0.25, 0.3) is 0 Å². The minimum Gasteiger partial charge on any atom is -0.323 e. The maximum Gasteiger partial charge on any atom is 0.0964 e. The second kappa shape index (κ2) is 9.45. The Morgan fingerprint density at radius 1 is 0.500 bits per heavy atom. The smallest absolute Gasteiger partial charge is 0.0964 e. The van der Waals surface area contributed by atoms with Gasteiger partial charge in [0.2, 0.25) is 0 Å². The molecule has 3 rings (SSSR count). The standard InChI is InChI=1S/C18H33OP.H2O2/c19-20(16-10-4-1-5-11-16,17-12-6-2-7-13-17)18-14-8-3-9-15-18;1-2/h16-18H,1-15H2;1-2H. The van der Waals surface area contributed by atoms with Gasteiger partial charge in [0, 0.05) is 17.0 Å². The molecular weight excluding hydrogens is 295 g/mol. The third-order valence-electron chi connectivity index (χ3n) is 6.44. The minimum atomic E-state index is -1.95. The van der Waals surface area contributed by atoms with Crippen molar-refractivity contribution in [3.63, 3.8) is 0 Å². The molecule has 0 aromatic carbocycles. The monoisotopic (exact) mass is 330 g/mol. The molecule has 0 unspecified atom stereocenters. The molecule has 4 heteroatoms. The van der Waals surface area contributed by atoms with Crippen LogP contribution in [-0.2, 0) is 4.57 Å². The fourth-order valence-corrected chi connectivity index (χ4v) is 10.7. The van der Waals surface area contributed by atoms with Crippen molar-refractivity contribution in [2.45, 2.75) is 113 Å². The van der Waals surface area contributed by atoms with Gasteiger partial charge < -0.3 is 4.57 Å². The molecule has 3 nitrogen and oxygen atoms in total. The predicted octanol–water partition coefficient (Wildman–Crippen LogP) is 6.37. The first-order valence-electron chi connectivity index (χ1n) is 9.61. The van der Waals surface area contributed by atoms with Gasteiger partial charge in [-0.3, -0.25) is 10.5 Å². The van der Waals surface area contributed by atoms with E-state index in [4.69, 9.17) is 10.5 Å². The van der Waals surface area contributed by atoms with Crippen molar-refractivity contribution in [3.05, 3.63) is 0 Å². The fraction of sp³-hybridized carbons (Fsp3) is 1.00. The fourth-order valence-electron chi connectivity index (χ4n) is 5.35. The number of rotatable bonds is 3. The van der Waals surface area contributed by atoms with E-state index in [1.165, 1.54) is 96.3 Å². The molecule has 0 heterocycles. The Morgan fingerprint density at radius 2 is 0.727 bits per heavy atom. The summed E-state index contributed by atoms with van der Waals surface area (Å²) in [7, 11) is -1.95. The van der Waals surface area contributed by atoms with E-state index in [0.29, 0.717) is 17.0 Å². The second-order valence-electron chi connectivity index (χ2n) is 7.64. The summed E-state index contributed by atoms with van der Waals surface area (Å²) < 4.78 is 14.3. The lowest BCUT2D eigenvalue weighted by molar-refractivity contribution is -0.176. The van der Waals surface area contributed by atoms with Crippen LogP contribution in [0.1, 0.15) is 96.3 Å². The summed E-state index contributed by atoms with van der Waals surface area (Å²) in [5, 5.41) is 12.0. The van der Waals surface area contributed by atoms with E-state index in [1.54, 1.807) is 0 Å². The highest BCUT2D eigenvalue weighted by Crippen LogP contribution is 2.68. The third kappa shape index (κ3) is 4.16. The first-order valence-corrected chi connectivity index (χ1v) is 11.5. The van der Waals surface area contributed by atoms with Crippen LogP contribution >= 0.6 is 7.14 Å². The van der Waals surface area contributed by atoms with Gasteiger partial charge in [0.05, 0.1) is 7.14 Å². The highest BCUT2D eigenvalue weighted by Gasteiger charge is 2.46. The number of hydrogen-bond acceptors (Lipinski definition) is 3. The molecule has 0 aromatic heterocycles. The number of hydrogen-bond donors (Lipinski definition) is 2. The zero-order valence-electron chi connectivity index (χ0n) is 14.1. The van der Waals surface area contributed by atoms with Gasteiger partial charge in [0.1, 0.15) is 0 Å². The summed E-state index contributed by atoms with van der Waals surface area (Å²) in [6.45, 7) is 0. The van der Waals surface area contributed by atoms with Crippen LogP contribution in [0.15, 0.2) is 0 Å². The van der Waals surface area contributed by atoms with Crippen LogP contribution in [0, 0.1) is 0 Å². The maximum absolute atomic E-state index is 14.3. The summed E-state index contributed by atoms with van der Waals surface area (Å²) in [5.74, 6) is 0. The summed E-state index contributed by atoms with van der Waals surface area (Å²) in [6.07, 6.45) is 20.1. The summed E-state index contributed by atoms with van der Waals surface area (Å²) in [6, 6.07) is 0. The Morgan fingerprint density at radius 3 is 0.955 bits per heavy atom. The average molecular weight is 330 g/mol. The Labute approximate surface area is 136 Å². The molecule has 0 bridgehead atoms. The second-order valence-corrected chi connectivity index (χ2v) is 11.4. The molecule has 3 saturated carbocycles. The third-order valence-corrected chi connectivity index (χ3v) is 11.4. The predicted molar refractivity (Wildman–Crippen MR) is 93.5 cm³/mol. The summed E-state index contributed by atoms with van der Waals surface area (Å²) >= 11 is 0. The van der Waals surface area contributed by atoms with Crippen molar-refractivity contribution >= 4 is 7.14 Å². The van der Waals surface area contributed by atoms with Crippen LogP contribution in [0.2, 0.25) is 0 Å². The van der Waals surface area contributed by atoms with Crippen molar-refractivity contribution in [3.8, 4) is 0 Å². The molecule has 0 saturated heterocycles. The quantitative estimate of drug-likeness (QED) is 0.359. The molecule has 22 heavy (non-hydrogen) atoms. The van der Waals surface area contributed by atoms with E-state index in [1.807, 2.05) is 0 Å². The van der Waals surface area contributed by atoms with Crippen LogP contribution in [-0.4, -0.2) is 27.5 Å². The van der Waals surface area contributed by atoms with Crippen molar-refractivity contribution in [1.29, 1.82) is 0 Å². The highest BCUT2D eigenvalue weighted by atomic mass is 31.2. The van der Waals surface area contributed by atoms with E-state index < -0.39 is 7.14 Å². The molecule has 3 aliphatic carbocycles. The molecule has 0 aromatic rings. The van der Waals surface area contributed by atoms with Crippen LogP contribution in [0.5, 0.6) is 0 Å². The van der Waals surface area contributed by atoms with Gasteiger partial charge in [-0.1, -0.05) is 57.8 Å². The van der Waals surface area contributed by atoms with E-state index in [0.717, 1.165) is 0 Å². The van der Waals surface area contributed by atoms with E-state index in [9.17, 15) is 4.57 Å². The van der Waals surface area contributed by atoms with Gasteiger partial charge in [-0.05, 0) is 38.5 Å². The van der Waals surface area contributed by atoms with E-state index in [-0.39, 0.29) is 0 Å². The Kier molecular flexibility index (Phi) is 7.94. The van der Waals surface area contributed by atoms with E-state index >= 15 is 0 Å². The lowest BCUT2D eigenvalue weighted by atomic mass is 9.99. The molecule has 0 spiro atoms. The minimum absolute atomic E-state index is 0.627. The Hall–Kier alpha value is 0.150. The van der Waals surface area contributed by atoms with Crippen molar-refractivity contribution < 1.29 is 15.1 Å². The molecule has 0 atom stereocenters. The highest BCUT2D eigenvalue weighted by molar-refractivity contribution is 7.66. The van der Waals surface area contributed by atoms with Gasteiger partial charge in [-0.2, -0.15) is 0 Å². The van der Waals surface area contributed by atoms with E-state index in [2.05, 4.69) is 0 Å². The van der Waals surface area contributed by atoms with Gasteiger partial charge in [0.15, 0.2) is 0 Å². The molecule has 0 aliphatic heterocycles. The van der Waals surface area contributed by atoms with Gasteiger partial charge in [0.25, 0.3) is 0 Å². The summed E-state index contributed by atoms with van der Waals surface area (Å²) in [4.78, 5) is 0. The zero-order chi connectivity index (χ0) is 15.8. The molecule has 3 fully saturated rings. The van der Waals surface area contributed by atoms with Crippen molar-refractivity contribution in [2.24, 2.45) is 0 Å². The molecule has 130 valence electrons. The maximum atomic E-state index is 14.3. The molecule has 0 amide bonds.